The Morgan fingerprint density at radius 2 is 1.79 bits per heavy atom. The molecule has 3 aromatic rings. The molecule has 0 fully saturated rings. The van der Waals surface area contributed by atoms with Crippen molar-refractivity contribution < 1.29 is 4.39 Å². The van der Waals surface area contributed by atoms with Gasteiger partial charge in [-0.2, -0.15) is 0 Å². The molecule has 1 heterocycles. The van der Waals surface area contributed by atoms with E-state index in [0.29, 0.717) is 6.54 Å². The van der Waals surface area contributed by atoms with E-state index in [1.807, 2.05) is 30.5 Å². The van der Waals surface area contributed by atoms with Gasteiger partial charge in [0.15, 0.2) is 0 Å². The third kappa shape index (κ3) is 2.71. The number of anilines is 1. The van der Waals surface area contributed by atoms with Crippen molar-refractivity contribution in [3.63, 3.8) is 0 Å². The van der Waals surface area contributed by atoms with Gasteiger partial charge in [-0.3, -0.25) is 4.98 Å². The van der Waals surface area contributed by atoms with E-state index < -0.39 is 0 Å². The van der Waals surface area contributed by atoms with E-state index >= 15 is 0 Å². The van der Waals surface area contributed by atoms with E-state index in [2.05, 4.69) is 16.4 Å². The lowest BCUT2D eigenvalue weighted by molar-refractivity contribution is 0.627. The molecule has 3 rings (SSSR count). The third-order valence-electron chi connectivity index (χ3n) is 3.00. The Bertz CT molecular complexity index is 692. The van der Waals surface area contributed by atoms with Crippen LogP contribution in [0, 0.1) is 5.82 Å². The van der Waals surface area contributed by atoms with Gasteiger partial charge < -0.3 is 5.32 Å². The lowest BCUT2D eigenvalue weighted by Gasteiger charge is -2.07. The first kappa shape index (κ1) is 11.7. The summed E-state index contributed by atoms with van der Waals surface area (Å²) in [6.07, 6.45) is 1.81. The van der Waals surface area contributed by atoms with Crippen LogP contribution in [0.3, 0.4) is 0 Å². The molecule has 3 heteroatoms. The standard InChI is InChI=1S/C16H13FN2/c17-14-7-5-12(6-8-14)10-18-15-9-13-3-1-2-4-16(13)19-11-15/h1-9,11,18H,10H2. The maximum atomic E-state index is 12.8. The summed E-state index contributed by atoms with van der Waals surface area (Å²) in [5.41, 5.74) is 2.98. The second-order valence-electron chi connectivity index (χ2n) is 4.40. The van der Waals surface area contributed by atoms with Gasteiger partial charge in [-0.15, -0.1) is 0 Å². The highest BCUT2D eigenvalue weighted by molar-refractivity contribution is 5.81. The minimum Gasteiger partial charge on any atom is -0.380 e. The molecule has 19 heavy (non-hydrogen) atoms. The Kier molecular flexibility index (Phi) is 3.11. The van der Waals surface area contributed by atoms with Gasteiger partial charge >= 0.3 is 0 Å². The van der Waals surface area contributed by atoms with E-state index in [-0.39, 0.29) is 5.82 Å². The van der Waals surface area contributed by atoms with Crippen LogP contribution < -0.4 is 5.32 Å². The second-order valence-corrected chi connectivity index (χ2v) is 4.40. The van der Waals surface area contributed by atoms with Crippen LogP contribution in [-0.4, -0.2) is 4.98 Å². The molecule has 2 aromatic carbocycles. The fourth-order valence-corrected chi connectivity index (χ4v) is 1.97. The van der Waals surface area contributed by atoms with Crippen molar-refractivity contribution in [2.75, 3.05) is 5.32 Å². The number of rotatable bonds is 3. The Morgan fingerprint density at radius 3 is 2.63 bits per heavy atom. The summed E-state index contributed by atoms with van der Waals surface area (Å²) < 4.78 is 12.8. The first-order chi connectivity index (χ1) is 9.31. The summed E-state index contributed by atoms with van der Waals surface area (Å²) in [4.78, 5) is 4.39. The van der Waals surface area contributed by atoms with Crippen molar-refractivity contribution in [3.05, 3.63) is 72.2 Å². The maximum Gasteiger partial charge on any atom is 0.123 e. The molecule has 0 spiro atoms. The number of fused-ring (bicyclic) bond motifs is 1. The zero-order valence-corrected chi connectivity index (χ0v) is 10.3. The molecule has 0 atom stereocenters. The predicted molar refractivity (Wildman–Crippen MR) is 75.5 cm³/mol. The van der Waals surface area contributed by atoms with Crippen LogP contribution >= 0.6 is 0 Å². The summed E-state index contributed by atoms with van der Waals surface area (Å²) in [5.74, 6) is -0.212. The van der Waals surface area contributed by atoms with Gasteiger partial charge in [0.2, 0.25) is 0 Å². The highest BCUT2D eigenvalue weighted by atomic mass is 19.1. The molecule has 0 radical (unpaired) electrons. The summed E-state index contributed by atoms with van der Waals surface area (Å²) in [6.45, 7) is 0.653. The maximum absolute atomic E-state index is 12.8. The molecule has 0 saturated heterocycles. The third-order valence-corrected chi connectivity index (χ3v) is 3.00. The van der Waals surface area contributed by atoms with Gasteiger partial charge in [-0.1, -0.05) is 30.3 Å². The molecule has 2 nitrogen and oxygen atoms in total. The number of benzene rings is 2. The molecule has 0 bridgehead atoms. The van der Waals surface area contributed by atoms with E-state index in [1.165, 1.54) is 12.1 Å². The average Bonchev–Trinajstić information content (AvgIpc) is 2.46. The number of pyridine rings is 1. The highest BCUT2D eigenvalue weighted by Gasteiger charge is 1.98. The minimum atomic E-state index is -0.212. The van der Waals surface area contributed by atoms with E-state index in [0.717, 1.165) is 22.2 Å². The normalized spacial score (nSPS) is 10.6. The van der Waals surface area contributed by atoms with Gasteiger partial charge in [-0.25, -0.2) is 4.39 Å². The topological polar surface area (TPSA) is 24.9 Å². The monoisotopic (exact) mass is 252 g/mol. The van der Waals surface area contributed by atoms with Crippen LogP contribution in [0.25, 0.3) is 10.9 Å². The number of nitrogens with zero attached hydrogens (tertiary/aromatic N) is 1. The van der Waals surface area contributed by atoms with Crippen molar-refractivity contribution in [3.8, 4) is 0 Å². The molecule has 0 aliphatic rings. The van der Waals surface area contributed by atoms with Crippen molar-refractivity contribution >= 4 is 16.6 Å². The van der Waals surface area contributed by atoms with Crippen LogP contribution in [0.15, 0.2) is 60.8 Å². The lowest BCUT2D eigenvalue weighted by atomic mass is 10.2. The van der Waals surface area contributed by atoms with Crippen molar-refractivity contribution in [2.45, 2.75) is 6.54 Å². The smallest absolute Gasteiger partial charge is 0.123 e. The zero-order valence-electron chi connectivity index (χ0n) is 10.3. The fraction of sp³-hybridized carbons (Fsp3) is 0.0625. The molecular formula is C16H13FN2. The Morgan fingerprint density at radius 1 is 1.00 bits per heavy atom. The van der Waals surface area contributed by atoms with Crippen molar-refractivity contribution in [2.24, 2.45) is 0 Å². The summed E-state index contributed by atoms with van der Waals surface area (Å²) in [5, 5.41) is 4.39. The first-order valence-electron chi connectivity index (χ1n) is 6.14. The van der Waals surface area contributed by atoms with Crippen LogP contribution in [-0.2, 0) is 6.54 Å². The van der Waals surface area contributed by atoms with Crippen molar-refractivity contribution in [1.29, 1.82) is 0 Å². The SMILES string of the molecule is Fc1ccc(CNc2cnc3ccccc3c2)cc1. The van der Waals surface area contributed by atoms with Crippen molar-refractivity contribution in [1.82, 2.24) is 4.98 Å². The zero-order chi connectivity index (χ0) is 13.1. The molecule has 0 aliphatic carbocycles. The van der Waals surface area contributed by atoms with Gasteiger partial charge in [0.1, 0.15) is 5.82 Å². The summed E-state index contributed by atoms with van der Waals surface area (Å²) in [7, 11) is 0. The number of hydrogen-bond donors (Lipinski definition) is 1. The van der Waals surface area contributed by atoms with E-state index in [1.54, 1.807) is 12.1 Å². The fourth-order valence-electron chi connectivity index (χ4n) is 1.97. The Balaban J connectivity index is 1.76. The van der Waals surface area contributed by atoms with Gasteiger partial charge in [0.05, 0.1) is 17.4 Å². The number of aromatic nitrogens is 1. The largest absolute Gasteiger partial charge is 0.380 e. The highest BCUT2D eigenvalue weighted by Crippen LogP contribution is 2.16. The Hall–Kier alpha value is -2.42. The first-order valence-corrected chi connectivity index (χ1v) is 6.14. The molecule has 1 aromatic heterocycles. The van der Waals surface area contributed by atoms with Crippen LogP contribution in [0.5, 0.6) is 0 Å². The van der Waals surface area contributed by atoms with Gasteiger partial charge in [-0.05, 0) is 29.8 Å². The lowest BCUT2D eigenvalue weighted by Crippen LogP contribution is -1.99. The molecule has 0 amide bonds. The molecule has 0 aliphatic heterocycles. The van der Waals surface area contributed by atoms with Gasteiger partial charge in [0.25, 0.3) is 0 Å². The molecule has 0 unspecified atom stereocenters. The average molecular weight is 252 g/mol. The molecular weight excluding hydrogens is 239 g/mol. The Labute approximate surface area is 110 Å². The molecule has 0 saturated carbocycles. The van der Waals surface area contributed by atoms with Crippen LogP contribution in [0.1, 0.15) is 5.56 Å². The van der Waals surface area contributed by atoms with Crippen LogP contribution in [0.2, 0.25) is 0 Å². The minimum absolute atomic E-state index is 0.212. The predicted octanol–water partition coefficient (Wildman–Crippen LogP) is 3.99. The summed E-state index contributed by atoms with van der Waals surface area (Å²) >= 11 is 0. The number of nitrogens with one attached hydrogen (secondary N) is 1. The number of para-hydroxylation sites is 1. The van der Waals surface area contributed by atoms with Crippen LogP contribution in [0.4, 0.5) is 10.1 Å². The summed E-state index contributed by atoms with van der Waals surface area (Å²) in [6, 6.07) is 16.5. The quantitative estimate of drug-likeness (QED) is 0.762. The number of halogens is 1. The van der Waals surface area contributed by atoms with Gasteiger partial charge in [0, 0.05) is 11.9 Å². The van der Waals surface area contributed by atoms with E-state index in [4.69, 9.17) is 0 Å². The number of hydrogen-bond acceptors (Lipinski definition) is 2. The molecule has 1 N–H and O–H groups in total. The molecule has 94 valence electrons. The second kappa shape index (κ2) is 5.06. The van der Waals surface area contributed by atoms with E-state index in [9.17, 15) is 4.39 Å².